The molecule has 128 valence electrons. The molecule has 0 atom stereocenters. The number of anilines is 1. The van der Waals surface area contributed by atoms with E-state index in [4.69, 9.17) is 5.26 Å². The van der Waals surface area contributed by atoms with Gasteiger partial charge in [-0.1, -0.05) is 12.1 Å². The molecule has 3 nitrogen and oxygen atoms in total. The number of nitriles is 1. The van der Waals surface area contributed by atoms with Gasteiger partial charge in [0.15, 0.2) is 0 Å². The van der Waals surface area contributed by atoms with Crippen LogP contribution in [0.3, 0.4) is 0 Å². The molecule has 0 aliphatic rings. The first kappa shape index (κ1) is 18.6. The Morgan fingerprint density at radius 3 is 2.44 bits per heavy atom. The van der Waals surface area contributed by atoms with Crippen LogP contribution < -0.4 is 5.32 Å². The minimum absolute atomic E-state index is 0.130. The van der Waals surface area contributed by atoms with Gasteiger partial charge < -0.3 is 5.32 Å². The van der Waals surface area contributed by atoms with E-state index in [0.717, 1.165) is 22.6 Å². The average molecular weight is 362 g/mol. The summed E-state index contributed by atoms with van der Waals surface area (Å²) >= 11 is 1.58. The monoisotopic (exact) mass is 362 g/mol. The first-order valence-electron chi connectivity index (χ1n) is 7.08. The summed E-state index contributed by atoms with van der Waals surface area (Å²) in [5.74, 6) is -0.691. The van der Waals surface area contributed by atoms with Crippen LogP contribution in [0.2, 0.25) is 0 Å². The molecule has 1 N–H and O–H groups in total. The molecule has 2 aromatic rings. The van der Waals surface area contributed by atoms with Crippen molar-refractivity contribution in [1.82, 2.24) is 0 Å². The third kappa shape index (κ3) is 5.13. The van der Waals surface area contributed by atoms with E-state index in [0.29, 0.717) is 6.07 Å². The molecule has 0 unspecified atom stereocenters. The van der Waals surface area contributed by atoms with Gasteiger partial charge in [-0.15, -0.1) is 11.8 Å². The van der Waals surface area contributed by atoms with Gasteiger partial charge in [0.2, 0.25) is 5.91 Å². The van der Waals surface area contributed by atoms with Crippen molar-refractivity contribution in [2.24, 2.45) is 0 Å². The SMILES string of the molecule is CSc1ccc(C=CC(=O)Nc2ccc(C#N)cc2C(F)(F)F)cc1. The second-order valence-electron chi connectivity index (χ2n) is 4.97. The smallest absolute Gasteiger partial charge is 0.322 e. The van der Waals surface area contributed by atoms with Gasteiger partial charge in [-0.2, -0.15) is 18.4 Å². The van der Waals surface area contributed by atoms with Crippen molar-refractivity contribution in [3.8, 4) is 6.07 Å². The third-order valence-corrected chi connectivity index (χ3v) is 4.00. The molecule has 0 bridgehead atoms. The van der Waals surface area contributed by atoms with Gasteiger partial charge in [0.1, 0.15) is 0 Å². The van der Waals surface area contributed by atoms with Gasteiger partial charge in [-0.25, -0.2) is 0 Å². The average Bonchev–Trinajstić information content (AvgIpc) is 2.59. The number of rotatable bonds is 4. The standard InChI is InChI=1S/C18H13F3N2OS/c1-25-14-6-2-12(3-7-14)5-9-17(24)23-16-8-4-13(11-22)10-15(16)18(19,20)21/h2-10H,1H3,(H,23,24). The Morgan fingerprint density at radius 2 is 1.88 bits per heavy atom. The van der Waals surface area contributed by atoms with Crippen molar-refractivity contribution < 1.29 is 18.0 Å². The predicted molar refractivity (Wildman–Crippen MR) is 92.0 cm³/mol. The van der Waals surface area contributed by atoms with Crippen LogP contribution in [-0.2, 0) is 11.0 Å². The summed E-state index contributed by atoms with van der Waals surface area (Å²) in [4.78, 5) is 13.0. The Balaban J connectivity index is 2.17. The number of nitrogens with zero attached hydrogens (tertiary/aromatic N) is 1. The number of thioether (sulfide) groups is 1. The van der Waals surface area contributed by atoms with Crippen molar-refractivity contribution in [1.29, 1.82) is 5.26 Å². The second-order valence-corrected chi connectivity index (χ2v) is 5.85. The Kier molecular flexibility index (Phi) is 5.88. The van der Waals surface area contributed by atoms with E-state index in [1.807, 2.05) is 18.4 Å². The van der Waals surface area contributed by atoms with Crippen LogP contribution in [0.4, 0.5) is 18.9 Å². The highest BCUT2D eigenvalue weighted by atomic mass is 32.2. The predicted octanol–water partition coefficient (Wildman–Crippen LogP) is 4.95. The molecule has 0 radical (unpaired) electrons. The lowest BCUT2D eigenvalue weighted by atomic mass is 10.1. The number of carbonyl (C=O) groups is 1. The topological polar surface area (TPSA) is 52.9 Å². The first-order valence-corrected chi connectivity index (χ1v) is 8.30. The molecule has 0 heterocycles. The number of amides is 1. The van der Waals surface area contributed by atoms with E-state index in [1.165, 1.54) is 12.1 Å². The molecule has 25 heavy (non-hydrogen) atoms. The molecular weight excluding hydrogens is 349 g/mol. The fourth-order valence-corrected chi connectivity index (χ4v) is 2.43. The van der Waals surface area contributed by atoms with Crippen LogP contribution in [-0.4, -0.2) is 12.2 Å². The highest BCUT2D eigenvalue weighted by Crippen LogP contribution is 2.35. The van der Waals surface area contributed by atoms with Crippen LogP contribution in [0.25, 0.3) is 6.08 Å². The van der Waals surface area contributed by atoms with Crippen molar-refractivity contribution >= 4 is 29.4 Å². The van der Waals surface area contributed by atoms with Crippen LogP contribution in [0, 0.1) is 11.3 Å². The molecule has 0 spiro atoms. The van der Waals surface area contributed by atoms with Crippen LogP contribution in [0.1, 0.15) is 16.7 Å². The van der Waals surface area contributed by atoms with E-state index in [1.54, 1.807) is 30.0 Å². The number of hydrogen-bond donors (Lipinski definition) is 1. The van der Waals surface area contributed by atoms with Crippen LogP contribution in [0.5, 0.6) is 0 Å². The normalized spacial score (nSPS) is 11.3. The van der Waals surface area contributed by atoms with Gasteiger partial charge >= 0.3 is 6.18 Å². The highest BCUT2D eigenvalue weighted by Gasteiger charge is 2.34. The molecule has 0 aliphatic heterocycles. The maximum absolute atomic E-state index is 13.1. The van der Waals surface area contributed by atoms with Gasteiger partial charge in [0, 0.05) is 11.0 Å². The Labute approximate surface area is 147 Å². The van der Waals surface area contributed by atoms with Crippen molar-refractivity contribution in [2.45, 2.75) is 11.1 Å². The lowest BCUT2D eigenvalue weighted by Gasteiger charge is -2.13. The van der Waals surface area contributed by atoms with Crippen LogP contribution >= 0.6 is 11.8 Å². The third-order valence-electron chi connectivity index (χ3n) is 3.25. The number of carbonyl (C=O) groups excluding carboxylic acids is 1. The minimum atomic E-state index is -4.67. The van der Waals surface area contributed by atoms with E-state index < -0.39 is 17.6 Å². The lowest BCUT2D eigenvalue weighted by Crippen LogP contribution is -2.15. The fraction of sp³-hybridized carbons (Fsp3) is 0.111. The zero-order chi connectivity index (χ0) is 18.4. The molecule has 0 fully saturated rings. The number of alkyl halides is 3. The summed E-state index contributed by atoms with van der Waals surface area (Å²) in [6.45, 7) is 0. The summed E-state index contributed by atoms with van der Waals surface area (Å²) in [5.41, 5.74) is -0.824. The molecule has 0 aromatic heterocycles. The molecule has 0 saturated carbocycles. The van der Waals surface area contributed by atoms with Crippen LogP contribution in [0.15, 0.2) is 53.4 Å². The number of halogens is 3. The largest absolute Gasteiger partial charge is 0.418 e. The van der Waals surface area contributed by atoms with Crippen molar-refractivity contribution in [3.63, 3.8) is 0 Å². The van der Waals surface area contributed by atoms with E-state index in [-0.39, 0.29) is 11.3 Å². The molecule has 0 aliphatic carbocycles. The molecular formula is C18H13F3N2OS. The fourth-order valence-electron chi connectivity index (χ4n) is 2.02. The Bertz CT molecular complexity index is 837. The van der Waals surface area contributed by atoms with Gasteiger partial charge in [-0.3, -0.25) is 4.79 Å². The molecule has 2 rings (SSSR count). The summed E-state index contributed by atoms with van der Waals surface area (Å²) < 4.78 is 39.2. The second kappa shape index (κ2) is 7.90. The zero-order valence-electron chi connectivity index (χ0n) is 13.1. The van der Waals surface area contributed by atoms with E-state index >= 15 is 0 Å². The summed E-state index contributed by atoms with van der Waals surface area (Å²) in [7, 11) is 0. The minimum Gasteiger partial charge on any atom is -0.322 e. The maximum atomic E-state index is 13.1. The van der Waals surface area contributed by atoms with E-state index in [2.05, 4.69) is 5.32 Å². The zero-order valence-corrected chi connectivity index (χ0v) is 13.9. The number of hydrogen-bond acceptors (Lipinski definition) is 3. The molecule has 2 aromatic carbocycles. The number of nitrogens with one attached hydrogen (secondary N) is 1. The Morgan fingerprint density at radius 1 is 1.20 bits per heavy atom. The highest BCUT2D eigenvalue weighted by molar-refractivity contribution is 7.98. The first-order chi connectivity index (χ1) is 11.8. The quantitative estimate of drug-likeness (QED) is 0.618. The summed E-state index contributed by atoms with van der Waals surface area (Å²) in [6.07, 6.45) is -0.0657. The molecule has 1 amide bonds. The molecule has 7 heteroatoms. The van der Waals surface area contributed by atoms with Gasteiger partial charge in [-0.05, 0) is 48.2 Å². The van der Waals surface area contributed by atoms with E-state index in [9.17, 15) is 18.0 Å². The summed E-state index contributed by atoms with van der Waals surface area (Å²) in [6, 6.07) is 12.0. The number of benzene rings is 2. The van der Waals surface area contributed by atoms with Crippen molar-refractivity contribution in [2.75, 3.05) is 11.6 Å². The summed E-state index contributed by atoms with van der Waals surface area (Å²) in [5, 5.41) is 10.9. The van der Waals surface area contributed by atoms with Gasteiger partial charge in [0.25, 0.3) is 0 Å². The van der Waals surface area contributed by atoms with Gasteiger partial charge in [0.05, 0.1) is 22.9 Å². The maximum Gasteiger partial charge on any atom is 0.418 e. The Hall–Kier alpha value is -2.72. The molecule has 0 saturated heterocycles. The van der Waals surface area contributed by atoms with Crippen molar-refractivity contribution in [3.05, 3.63) is 65.2 Å². The lowest BCUT2D eigenvalue weighted by molar-refractivity contribution is -0.137.